The molecule has 1 fully saturated rings. The van der Waals surface area contributed by atoms with Crippen LogP contribution in [-0.2, 0) is 12.6 Å². The molecule has 3 aromatic rings. The zero-order valence-corrected chi connectivity index (χ0v) is 14.8. The van der Waals surface area contributed by atoms with Crippen LogP contribution in [0.15, 0.2) is 54.6 Å². The van der Waals surface area contributed by atoms with E-state index in [1.165, 1.54) is 5.56 Å². The Morgan fingerprint density at radius 3 is 2.26 bits per heavy atom. The van der Waals surface area contributed by atoms with Crippen LogP contribution in [0.3, 0.4) is 0 Å². The predicted octanol–water partition coefficient (Wildman–Crippen LogP) is 5.11. The van der Waals surface area contributed by atoms with Crippen LogP contribution in [0.4, 0.5) is 19.0 Å². The van der Waals surface area contributed by atoms with E-state index in [1.54, 1.807) is 18.2 Å². The van der Waals surface area contributed by atoms with Crippen LogP contribution >= 0.6 is 0 Å². The second-order valence-corrected chi connectivity index (χ2v) is 7.01. The molecule has 0 spiro atoms. The molecule has 0 aliphatic carbocycles. The minimum absolute atomic E-state index is 0.334. The molecule has 0 bridgehead atoms. The third-order valence-corrected chi connectivity index (χ3v) is 5.12. The second kappa shape index (κ2) is 7.18. The summed E-state index contributed by atoms with van der Waals surface area (Å²) >= 11 is 0. The summed E-state index contributed by atoms with van der Waals surface area (Å²) in [5.74, 6) is -0.132. The van der Waals surface area contributed by atoms with Crippen molar-refractivity contribution in [1.29, 1.82) is 0 Å². The summed E-state index contributed by atoms with van der Waals surface area (Å²) in [6, 6.07) is 17.2. The first kappa shape index (κ1) is 17.8. The van der Waals surface area contributed by atoms with Crippen LogP contribution < -0.4 is 4.90 Å². The highest BCUT2D eigenvalue weighted by Crippen LogP contribution is 2.33. The Bertz CT molecular complexity index is 917. The van der Waals surface area contributed by atoms with Gasteiger partial charge in [0, 0.05) is 18.5 Å². The van der Waals surface area contributed by atoms with Gasteiger partial charge in [0.05, 0.1) is 5.52 Å². The van der Waals surface area contributed by atoms with Crippen molar-refractivity contribution in [3.05, 3.63) is 66.0 Å². The molecular weight excluding hydrogens is 351 g/mol. The topological polar surface area (TPSA) is 29.0 Å². The van der Waals surface area contributed by atoms with Crippen molar-refractivity contribution in [3.63, 3.8) is 0 Å². The fourth-order valence-electron chi connectivity index (χ4n) is 3.72. The molecule has 27 heavy (non-hydrogen) atoms. The van der Waals surface area contributed by atoms with Crippen molar-refractivity contribution >= 4 is 16.7 Å². The molecule has 0 atom stereocenters. The Balaban J connectivity index is 1.56. The minimum atomic E-state index is -4.55. The van der Waals surface area contributed by atoms with E-state index in [0.717, 1.165) is 19.3 Å². The summed E-state index contributed by atoms with van der Waals surface area (Å²) in [5.41, 5.74) is 1.64. The molecule has 1 saturated heterocycles. The maximum absolute atomic E-state index is 13.2. The van der Waals surface area contributed by atoms with E-state index >= 15 is 0 Å². The number of piperidine rings is 1. The number of rotatable bonds is 3. The number of fused-ring (bicyclic) bond motifs is 1. The average Bonchev–Trinajstić information content (AvgIpc) is 2.68. The van der Waals surface area contributed by atoms with Crippen LogP contribution in [0.25, 0.3) is 10.9 Å². The van der Waals surface area contributed by atoms with Crippen molar-refractivity contribution in [2.24, 2.45) is 5.92 Å². The summed E-state index contributed by atoms with van der Waals surface area (Å²) in [6.45, 7) is 1.41. The van der Waals surface area contributed by atoms with Gasteiger partial charge in [-0.2, -0.15) is 13.2 Å². The van der Waals surface area contributed by atoms with Gasteiger partial charge in [0.15, 0.2) is 0 Å². The molecule has 2 heterocycles. The zero-order valence-electron chi connectivity index (χ0n) is 14.8. The number of aromatic nitrogens is 2. The fourth-order valence-corrected chi connectivity index (χ4v) is 3.72. The van der Waals surface area contributed by atoms with Gasteiger partial charge in [-0.3, -0.25) is 0 Å². The summed E-state index contributed by atoms with van der Waals surface area (Å²) in [6.07, 6.45) is -1.67. The molecule has 3 nitrogen and oxygen atoms in total. The largest absolute Gasteiger partial charge is 0.451 e. The summed E-state index contributed by atoms with van der Waals surface area (Å²) in [5, 5.41) is 0.673. The van der Waals surface area contributed by atoms with E-state index in [2.05, 4.69) is 22.1 Å². The quantitative estimate of drug-likeness (QED) is 0.641. The lowest BCUT2D eigenvalue weighted by atomic mass is 9.90. The van der Waals surface area contributed by atoms with Gasteiger partial charge in [-0.05, 0) is 42.9 Å². The minimum Gasteiger partial charge on any atom is -0.356 e. The first-order valence-electron chi connectivity index (χ1n) is 9.13. The third kappa shape index (κ3) is 3.89. The highest BCUT2D eigenvalue weighted by atomic mass is 19.4. The predicted molar refractivity (Wildman–Crippen MR) is 99.6 cm³/mol. The Kier molecular flexibility index (Phi) is 4.72. The molecule has 0 unspecified atom stereocenters. The lowest BCUT2D eigenvalue weighted by molar-refractivity contribution is -0.144. The Morgan fingerprint density at radius 1 is 0.889 bits per heavy atom. The Morgan fingerprint density at radius 2 is 1.56 bits per heavy atom. The number of alkyl halides is 3. The van der Waals surface area contributed by atoms with Crippen LogP contribution in [0.1, 0.15) is 24.2 Å². The van der Waals surface area contributed by atoms with E-state index < -0.39 is 12.0 Å². The van der Waals surface area contributed by atoms with E-state index in [4.69, 9.17) is 0 Å². The van der Waals surface area contributed by atoms with Crippen LogP contribution in [0.5, 0.6) is 0 Å². The third-order valence-electron chi connectivity index (χ3n) is 5.12. The number of halogens is 3. The molecule has 4 rings (SSSR count). The molecule has 2 aromatic carbocycles. The standard InChI is InChI=1S/C21H20F3N3/c22-21(23,24)20-25-18-9-5-4-8-17(18)19(26-20)27-12-10-16(11-13-27)14-15-6-2-1-3-7-15/h1-9,16H,10-14H2. The maximum atomic E-state index is 13.2. The van der Waals surface area contributed by atoms with Gasteiger partial charge >= 0.3 is 6.18 Å². The molecule has 140 valence electrons. The number of anilines is 1. The van der Waals surface area contributed by atoms with Gasteiger partial charge in [-0.25, -0.2) is 9.97 Å². The molecule has 1 aliphatic rings. The van der Waals surface area contributed by atoms with Crippen molar-refractivity contribution < 1.29 is 13.2 Å². The highest BCUT2D eigenvalue weighted by molar-refractivity contribution is 5.89. The van der Waals surface area contributed by atoms with Crippen molar-refractivity contribution in [1.82, 2.24) is 9.97 Å². The average molecular weight is 371 g/mol. The van der Waals surface area contributed by atoms with Gasteiger partial charge in [0.25, 0.3) is 0 Å². The first-order valence-corrected chi connectivity index (χ1v) is 9.13. The molecule has 0 N–H and O–H groups in total. The lowest BCUT2D eigenvalue weighted by Gasteiger charge is -2.33. The summed E-state index contributed by atoms with van der Waals surface area (Å²) < 4.78 is 39.7. The number of hydrogen-bond acceptors (Lipinski definition) is 3. The molecule has 6 heteroatoms. The lowest BCUT2D eigenvalue weighted by Crippen LogP contribution is -2.35. The van der Waals surface area contributed by atoms with Gasteiger partial charge in [0.1, 0.15) is 5.82 Å². The monoisotopic (exact) mass is 371 g/mol. The number of hydrogen-bond donors (Lipinski definition) is 0. The molecule has 1 aromatic heterocycles. The number of nitrogens with zero attached hydrogens (tertiary/aromatic N) is 3. The van der Waals surface area contributed by atoms with Crippen LogP contribution in [0, 0.1) is 5.92 Å². The van der Waals surface area contributed by atoms with E-state index in [0.29, 0.717) is 35.7 Å². The maximum Gasteiger partial charge on any atom is 0.451 e. The van der Waals surface area contributed by atoms with Crippen molar-refractivity contribution in [3.8, 4) is 0 Å². The van der Waals surface area contributed by atoms with Crippen molar-refractivity contribution in [2.75, 3.05) is 18.0 Å². The van der Waals surface area contributed by atoms with Gasteiger partial charge in [-0.1, -0.05) is 42.5 Å². The van der Waals surface area contributed by atoms with Gasteiger partial charge in [-0.15, -0.1) is 0 Å². The van der Waals surface area contributed by atoms with E-state index in [-0.39, 0.29) is 0 Å². The normalized spacial score (nSPS) is 16.0. The zero-order chi connectivity index (χ0) is 18.9. The number of para-hydroxylation sites is 1. The molecular formula is C21H20F3N3. The second-order valence-electron chi connectivity index (χ2n) is 7.01. The smallest absolute Gasteiger partial charge is 0.356 e. The van der Waals surface area contributed by atoms with Crippen molar-refractivity contribution in [2.45, 2.75) is 25.4 Å². The Labute approximate surface area is 155 Å². The number of benzene rings is 2. The molecule has 1 aliphatic heterocycles. The SMILES string of the molecule is FC(F)(F)c1nc(N2CCC(Cc3ccccc3)CC2)c2ccccc2n1. The Hall–Kier alpha value is -2.63. The van der Waals surface area contributed by atoms with Gasteiger partial charge < -0.3 is 4.90 Å². The van der Waals surface area contributed by atoms with Crippen LogP contribution in [-0.4, -0.2) is 23.1 Å². The van der Waals surface area contributed by atoms with E-state index in [9.17, 15) is 13.2 Å². The summed E-state index contributed by atoms with van der Waals surface area (Å²) in [7, 11) is 0. The van der Waals surface area contributed by atoms with Gasteiger partial charge in [0.2, 0.25) is 5.82 Å². The molecule has 0 amide bonds. The molecule has 0 radical (unpaired) electrons. The first-order chi connectivity index (χ1) is 13.0. The van der Waals surface area contributed by atoms with E-state index in [1.807, 2.05) is 29.2 Å². The highest BCUT2D eigenvalue weighted by Gasteiger charge is 2.36. The summed E-state index contributed by atoms with van der Waals surface area (Å²) in [4.78, 5) is 9.58. The van der Waals surface area contributed by atoms with Crippen LogP contribution in [0.2, 0.25) is 0 Å². The fraction of sp³-hybridized carbons (Fsp3) is 0.333. The molecule has 0 saturated carbocycles.